The van der Waals surface area contributed by atoms with Gasteiger partial charge in [0.25, 0.3) is 0 Å². The van der Waals surface area contributed by atoms with Gasteiger partial charge in [0.1, 0.15) is 11.8 Å². The molecule has 0 radical (unpaired) electrons. The third kappa shape index (κ3) is 4.04. The van der Waals surface area contributed by atoms with Crippen LogP contribution in [0, 0.1) is 0 Å². The number of carbonyl (C=O) groups is 1. The number of para-hydroxylation sites is 1. The molecule has 1 aromatic carbocycles. The summed E-state index contributed by atoms with van der Waals surface area (Å²) in [5, 5.41) is 8.68. The van der Waals surface area contributed by atoms with Gasteiger partial charge in [0.15, 0.2) is 0 Å². The molecule has 0 heterocycles. The van der Waals surface area contributed by atoms with Gasteiger partial charge in [-0.25, -0.2) is 0 Å². The predicted molar refractivity (Wildman–Crippen MR) is 70.9 cm³/mol. The van der Waals surface area contributed by atoms with Gasteiger partial charge in [-0.2, -0.15) is 0 Å². The highest BCUT2D eigenvalue weighted by atomic mass is 16.5. The first-order chi connectivity index (χ1) is 8.32. The first kappa shape index (κ1) is 14.5. The second-order valence-electron chi connectivity index (χ2n) is 5.33. The van der Waals surface area contributed by atoms with Gasteiger partial charge in [0.2, 0.25) is 0 Å². The predicted octanol–water partition coefficient (Wildman–Crippen LogP) is 2.16. The van der Waals surface area contributed by atoms with Crippen LogP contribution in [0.3, 0.4) is 0 Å². The number of ether oxygens (including phenoxy) is 1. The molecule has 0 aliphatic heterocycles. The monoisotopic (exact) mass is 251 g/mol. The molecular weight excluding hydrogens is 230 g/mol. The van der Waals surface area contributed by atoms with Crippen LogP contribution in [0.5, 0.6) is 5.75 Å². The average molecular weight is 251 g/mol. The Balaban J connectivity index is 2.66. The zero-order valence-corrected chi connectivity index (χ0v) is 11.1. The first-order valence-corrected chi connectivity index (χ1v) is 6.03. The number of carboxylic acid groups (broad SMARTS) is 1. The van der Waals surface area contributed by atoms with Crippen LogP contribution < -0.4 is 10.5 Å². The van der Waals surface area contributed by atoms with E-state index in [0.29, 0.717) is 13.0 Å². The van der Waals surface area contributed by atoms with Crippen LogP contribution in [0.25, 0.3) is 0 Å². The van der Waals surface area contributed by atoms with E-state index in [1.54, 1.807) is 0 Å². The molecule has 1 atom stereocenters. The van der Waals surface area contributed by atoms with Gasteiger partial charge in [0.05, 0.1) is 6.61 Å². The van der Waals surface area contributed by atoms with E-state index in [0.717, 1.165) is 11.3 Å². The molecule has 0 aliphatic rings. The Kier molecular flexibility index (Phi) is 4.73. The molecule has 4 nitrogen and oxygen atoms in total. The lowest BCUT2D eigenvalue weighted by atomic mass is 9.86. The van der Waals surface area contributed by atoms with Crippen molar-refractivity contribution in [2.75, 3.05) is 6.61 Å². The molecule has 0 saturated carbocycles. The minimum Gasteiger partial charge on any atom is -0.493 e. The second-order valence-corrected chi connectivity index (χ2v) is 5.33. The van der Waals surface area contributed by atoms with Crippen molar-refractivity contribution in [3.05, 3.63) is 29.8 Å². The molecule has 0 saturated heterocycles. The summed E-state index contributed by atoms with van der Waals surface area (Å²) in [6.45, 7) is 6.63. The summed E-state index contributed by atoms with van der Waals surface area (Å²) in [5.41, 5.74) is 6.52. The smallest absolute Gasteiger partial charge is 0.320 e. The summed E-state index contributed by atoms with van der Waals surface area (Å²) in [6.07, 6.45) is 0.299. The number of hydrogen-bond donors (Lipinski definition) is 2. The Morgan fingerprint density at radius 1 is 1.39 bits per heavy atom. The topological polar surface area (TPSA) is 72.5 Å². The Bertz CT molecular complexity index is 410. The number of rotatable bonds is 5. The lowest BCUT2D eigenvalue weighted by molar-refractivity contribution is -0.138. The molecule has 100 valence electrons. The Labute approximate surface area is 108 Å². The van der Waals surface area contributed by atoms with E-state index in [2.05, 4.69) is 20.8 Å². The zero-order valence-electron chi connectivity index (χ0n) is 11.1. The molecule has 0 aliphatic carbocycles. The van der Waals surface area contributed by atoms with Gasteiger partial charge in [-0.15, -0.1) is 0 Å². The highest BCUT2D eigenvalue weighted by Crippen LogP contribution is 2.30. The maximum atomic E-state index is 10.6. The van der Waals surface area contributed by atoms with E-state index in [-0.39, 0.29) is 5.41 Å². The highest BCUT2D eigenvalue weighted by molar-refractivity contribution is 5.72. The number of aliphatic carboxylic acids is 1. The van der Waals surface area contributed by atoms with E-state index in [1.165, 1.54) is 0 Å². The molecule has 1 rings (SSSR count). The van der Waals surface area contributed by atoms with Gasteiger partial charge in [-0.1, -0.05) is 39.0 Å². The lowest BCUT2D eigenvalue weighted by Gasteiger charge is -2.22. The zero-order chi connectivity index (χ0) is 13.8. The quantitative estimate of drug-likeness (QED) is 0.841. The molecule has 0 aromatic heterocycles. The number of carboxylic acids is 1. The van der Waals surface area contributed by atoms with E-state index < -0.39 is 12.0 Å². The maximum absolute atomic E-state index is 10.6. The molecule has 3 N–H and O–H groups in total. The fraction of sp³-hybridized carbons (Fsp3) is 0.500. The molecule has 18 heavy (non-hydrogen) atoms. The van der Waals surface area contributed by atoms with Crippen LogP contribution in [0.4, 0.5) is 0 Å². The van der Waals surface area contributed by atoms with Crippen LogP contribution in [0.1, 0.15) is 32.8 Å². The summed E-state index contributed by atoms with van der Waals surface area (Å²) in [5.74, 6) is -0.203. The minimum absolute atomic E-state index is 0.00843. The van der Waals surface area contributed by atoms with Gasteiger partial charge >= 0.3 is 5.97 Å². The number of nitrogens with two attached hydrogens (primary N) is 1. The fourth-order valence-corrected chi connectivity index (χ4v) is 1.63. The van der Waals surface area contributed by atoms with Gasteiger partial charge in [-0.05, 0) is 17.0 Å². The van der Waals surface area contributed by atoms with E-state index in [4.69, 9.17) is 15.6 Å². The van der Waals surface area contributed by atoms with Crippen molar-refractivity contribution < 1.29 is 14.6 Å². The average Bonchev–Trinajstić information content (AvgIpc) is 2.28. The van der Waals surface area contributed by atoms with Crippen LogP contribution in [0.2, 0.25) is 0 Å². The summed E-state index contributed by atoms with van der Waals surface area (Å²) < 4.78 is 5.64. The van der Waals surface area contributed by atoms with Crippen LogP contribution in [-0.2, 0) is 10.2 Å². The normalized spacial score (nSPS) is 13.1. The van der Waals surface area contributed by atoms with Crippen molar-refractivity contribution in [2.45, 2.75) is 38.6 Å². The molecule has 0 bridgehead atoms. The SMILES string of the molecule is CC(C)(C)c1ccccc1OCCC(N)C(=O)O. The van der Waals surface area contributed by atoms with Gasteiger partial charge in [0, 0.05) is 6.42 Å². The van der Waals surface area contributed by atoms with E-state index in [9.17, 15) is 4.79 Å². The molecule has 0 spiro atoms. The molecule has 1 unspecified atom stereocenters. The molecule has 4 heteroatoms. The van der Waals surface area contributed by atoms with Crippen molar-refractivity contribution in [1.29, 1.82) is 0 Å². The van der Waals surface area contributed by atoms with Gasteiger partial charge in [-0.3, -0.25) is 4.79 Å². The molecule has 0 amide bonds. The summed E-state index contributed by atoms with van der Waals surface area (Å²) in [6, 6.07) is 6.92. The van der Waals surface area contributed by atoms with Crippen molar-refractivity contribution in [3.8, 4) is 5.75 Å². The molecule has 1 aromatic rings. The first-order valence-electron chi connectivity index (χ1n) is 6.03. The highest BCUT2D eigenvalue weighted by Gasteiger charge is 2.18. The summed E-state index contributed by atoms with van der Waals surface area (Å²) in [4.78, 5) is 10.6. The Morgan fingerprint density at radius 2 is 2.00 bits per heavy atom. The van der Waals surface area contributed by atoms with E-state index in [1.807, 2.05) is 24.3 Å². The van der Waals surface area contributed by atoms with Crippen LogP contribution >= 0.6 is 0 Å². The summed E-state index contributed by atoms with van der Waals surface area (Å²) >= 11 is 0. The van der Waals surface area contributed by atoms with E-state index >= 15 is 0 Å². The van der Waals surface area contributed by atoms with Crippen molar-refractivity contribution in [2.24, 2.45) is 5.73 Å². The molecule has 0 fully saturated rings. The number of benzene rings is 1. The fourth-order valence-electron chi connectivity index (χ4n) is 1.63. The van der Waals surface area contributed by atoms with Crippen molar-refractivity contribution in [1.82, 2.24) is 0 Å². The van der Waals surface area contributed by atoms with Gasteiger partial charge < -0.3 is 15.6 Å². The second kappa shape index (κ2) is 5.87. The third-order valence-electron chi connectivity index (χ3n) is 2.70. The third-order valence-corrected chi connectivity index (χ3v) is 2.70. The van der Waals surface area contributed by atoms with Crippen molar-refractivity contribution in [3.63, 3.8) is 0 Å². The largest absolute Gasteiger partial charge is 0.493 e. The van der Waals surface area contributed by atoms with Crippen LogP contribution in [0.15, 0.2) is 24.3 Å². The standard InChI is InChI=1S/C14H21NO3/c1-14(2,3)10-6-4-5-7-12(10)18-9-8-11(15)13(16)17/h4-7,11H,8-9,15H2,1-3H3,(H,16,17). The maximum Gasteiger partial charge on any atom is 0.320 e. The molecular formula is C14H21NO3. The Hall–Kier alpha value is -1.55. The summed E-state index contributed by atoms with van der Waals surface area (Å²) in [7, 11) is 0. The Morgan fingerprint density at radius 3 is 2.56 bits per heavy atom. The lowest BCUT2D eigenvalue weighted by Crippen LogP contribution is -2.31. The number of hydrogen-bond acceptors (Lipinski definition) is 3. The van der Waals surface area contributed by atoms with Crippen molar-refractivity contribution >= 4 is 5.97 Å². The minimum atomic E-state index is -0.997. The van der Waals surface area contributed by atoms with Crippen LogP contribution in [-0.4, -0.2) is 23.7 Å².